The lowest BCUT2D eigenvalue weighted by Gasteiger charge is -2.28. The number of nitrogens with one attached hydrogen (secondary N) is 2. The first-order valence-electron chi connectivity index (χ1n) is 11.6. The van der Waals surface area contributed by atoms with Crippen LogP contribution in [0.5, 0.6) is 0 Å². The minimum absolute atomic E-state index is 0.244. The number of benzene rings is 1. The zero-order valence-corrected chi connectivity index (χ0v) is 18.7. The predicted molar refractivity (Wildman–Crippen MR) is 129 cm³/mol. The van der Waals surface area contributed by atoms with E-state index >= 15 is 0 Å². The van der Waals surface area contributed by atoms with Crippen molar-refractivity contribution in [3.05, 3.63) is 66.0 Å². The minimum atomic E-state index is 0.244. The molecule has 3 aromatic rings. The number of amides is 1. The van der Waals surface area contributed by atoms with Crippen LogP contribution in [0.1, 0.15) is 24.0 Å². The second kappa shape index (κ2) is 9.17. The summed E-state index contributed by atoms with van der Waals surface area (Å²) in [5.41, 5.74) is 4.98. The molecule has 1 aromatic carbocycles. The summed E-state index contributed by atoms with van der Waals surface area (Å²) in [7, 11) is 0. The number of hydrogen-bond acceptors (Lipinski definition) is 4. The van der Waals surface area contributed by atoms with Crippen LogP contribution in [0.4, 0.5) is 5.82 Å². The van der Waals surface area contributed by atoms with Gasteiger partial charge in [-0.25, -0.2) is 4.98 Å². The summed E-state index contributed by atoms with van der Waals surface area (Å²) in [6.45, 7) is 6.96. The lowest BCUT2D eigenvalue weighted by atomic mass is 9.99. The fraction of sp³-hybridized carbons (Fsp3) is 0.385. The number of aromatic amines is 1. The summed E-state index contributed by atoms with van der Waals surface area (Å²) < 4.78 is 0. The molecule has 4 heterocycles. The van der Waals surface area contributed by atoms with Crippen molar-refractivity contribution in [1.82, 2.24) is 19.8 Å². The molecule has 0 saturated carbocycles. The van der Waals surface area contributed by atoms with Crippen molar-refractivity contribution in [2.75, 3.05) is 44.6 Å². The van der Waals surface area contributed by atoms with Crippen LogP contribution in [0.2, 0.25) is 0 Å². The molecule has 166 valence electrons. The van der Waals surface area contributed by atoms with Crippen LogP contribution in [-0.2, 0) is 4.79 Å². The van der Waals surface area contributed by atoms with E-state index in [9.17, 15) is 4.79 Å². The number of fused-ring (bicyclic) bond motifs is 1. The number of rotatable bonds is 6. The van der Waals surface area contributed by atoms with Gasteiger partial charge in [0.15, 0.2) is 0 Å². The van der Waals surface area contributed by atoms with Crippen LogP contribution in [0, 0.1) is 12.8 Å². The Hall–Kier alpha value is -3.12. The normalized spacial score (nSPS) is 19.3. The van der Waals surface area contributed by atoms with Gasteiger partial charge in [-0.2, -0.15) is 0 Å². The molecule has 5 rings (SSSR count). The van der Waals surface area contributed by atoms with Crippen molar-refractivity contribution in [2.24, 2.45) is 5.92 Å². The highest BCUT2D eigenvalue weighted by atomic mass is 16.2. The maximum absolute atomic E-state index is 12.9. The molecule has 2 aliphatic heterocycles. The topological polar surface area (TPSA) is 64.3 Å². The molecular weight excluding hydrogens is 398 g/mol. The number of H-pyrrole nitrogens is 1. The molecule has 1 amide bonds. The average Bonchev–Trinajstić information content (AvgIpc) is 3.45. The number of carbonyl (C=O) groups is 1. The molecule has 2 aromatic heterocycles. The van der Waals surface area contributed by atoms with E-state index in [1.807, 2.05) is 17.2 Å². The maximum atomic E-state index is 12.9. The Kier molecular flexibility index (Phi) is 5.95. The van der Waals surface area contributed by atoms with E-state index < -0.39 is 0 Å². The summed E-state index contributed by atoms with van der Waals surface area (Å²) in [4.78, 5) is 24.9. The third kappa shape index (κ3) is 4.55. The van der Waals surface area contributed by atoms with Gasteiger partial charge in [-0.3, -0.25) is 9.69 Å². The van der Waals surface area contributed by atoms with Crippen molar-refractivity contribution in [2.45, 2.75) is 19.8 Å². The van der Waals surface area contributed by atoms with Gasteiger partial charge in [-0.1, -0.05) is 24.3 Å². The summed E-state index contributed by atoms with van der Waals surface area (Å²) in [6.07, 6.45) is 8.19. The molecule has 1 fully saturated rings. The van der Waals surface area contributed by atoms with Crippen LogP contribution in [-0.4, -0.2) is 64.9 Å². The maximum Gasteiger partial charge on any atom is 0.237 e. The highest BCUT2D eigenvalue weighted by Gasteiger charge is 2.26. The van der Waals surface area contributed by atoms with Crippen LogP contribution in [0.15, 0.2) is 54.9 Å². The first-order valence-corrected chi connectivity index (χ1v) is 11.6. The molecule has 32 heavy (non-hydrogen) atoms. The standard InChI is InChI=1S/C26H31N5O/c1-19-6-10-27-25(14-19)29-15-20-7-11-30(17-20)18-26(32)31-12-8-21(9-13-31)23-16-28-24-5-3-2-4-22(23)24/h2-6,8,10,14,16,20,28H,7,9,11-13,15,17-18H2,1H3,(H,27,29). The molecule has 1 unspecified atom stereocenters. The molecule has 6 heteroatoms. The molecule has 0 radical (unpaired) electrons. The third-order valence-corrected chi connectivity index (χ3v) is 6.71. The Morgan fingerprint density at radius 3 is 3.00 bits per heavy atom. The predicted octanol–water partition coefficient (Wildman–Crippen LogP) is 3.92. The van der Waals surface area contributed by atoms with Gasteiger partial charge in [0.25, 0.3) is 0 Å². The fourth-order valence-electron chi connectivity index (χ4n) is 4.87. The highest BCUT2D eigenvalue weighted by Crippen LogP contribution is 2.29. The van der Waals surface area contributed by atoms with E-state index in [2.05, 4.69) is 69.7 Å². The third-order valence-electron chi connectivity index (χ3n) is 6.71. The van der Waals surface area contributed by atoms with Crippen molar-refractivity contribution >= 4 is 28.2 Å². The lowest BCUT2D eigenvalue weighted by Crippen LogP contribution is -2.41. The number of anilines is 1. The van der Waals surface area contributed by atoms with Crippen LogP contribution < -0.4 is 5.32 Å². The molecule has 1 atom stereocenters. The molecule has 2 N–H and O–H groups in total. The second-order valence-electron chi connectivity index (χ2n) is 9.06. The Morgan fingerprint density at radius 2 is 2.16 bits per heavy atom. The Morgan fingerprint density at radius 1 is 1.25 bits per heavy atom. The largest absolute Gasteiger partial charge is 0.370 e. The van der Waals surface area contributed by atoms with Gasteiger partial charge < -0.3 is 15.2 Å². The number of aromatic nitrogens is 2. The van der Waals surface area contributed by atoms with Crippen LogP contribution in [0.3, 0.4) is 0 Å². The van der Waals surface area contributed by atoms with Crippen molar-refractivity contribution in [3.63, 3.8) is 0 Å². The highest BCUT2D eigenvalue weighted by molar-refractivity contribution is 5.93. The van der Waals surface area contributed by atoms with Gasteiger partial charge in [-0.15, -0.1) is 0 Å². The summed E-state index contributed by atoms with van der Waals surface area (Å²) >= 11 is 0. The zero-order chi connectivity index (χ0) is 21.9. The lowest BCUT2D eigenvalue weighted by molar-refractivity contribution is -0.131. The first kappa shape index (κ1) is 20.8. The van der Waals surface area contributed by atoms with E-state index in [1.54, 1.807) is 0 Å². The Bertz CT molecular complexity index is 1130. The Balaban J connectivity index is 1.11. The quantitative estimate of drug-likeness (QED) is 0.623. The molecule has 6 nitrogen and oxygen atoms in total. The molecular formula is C26H31N5O. The fourth-order valence-corrected chi connectivity index (χ4v) is 4.87. The molecule has 2 aliphatic rings. The van der Waals surface area contributed by atoms with Crippen molar-refractivity contribution in [3.8, 4) is 0 Å². The van der Waals surface area contributed by atoms with Crippen molar-refractivity contribution in [1.29, 1.82) is 0 Å². The van der Waals surface area contributed by atoms with Crippen LogP contribution >= 0.6 is 0 Å². The summed E-state index contributed by atoms with van der Waals surface area (Å²) in [5, 5.41) is 4.71. The van der Waals surface area contributed by atoms with Gasteiger partial charge in [0, 0.05) is 55.0 Å². The van der Waals surface area contributed by atoms with Gasteiger partial charge in [0.2, 0.25) is 5.91 Å². The number of aryl methyl sites for hydroxylation is 1. The summed E-state index contributed by atoms with van der Waals surface area (Å²) in [5.74, 6) is 1.73. The Labute approximate surface area is 189 Å². The smallest absolute Gasteiger partial charge is 0.237 e. The number of likely N-dealkylation sites (tertiary alicyclic amines) is 1. The van der Waals surface area contributed by atoms with E-state index in [4.69, 9.17) is 0 Å². The van der Waals surface area contributed by atoms with Crippen molar-refractivity contribution < 1.29 is 4.79 Å². The van der Waals surface area contributed by atoms with Gasteiger partial charge in [0.05, 0.1) is 6.54 Å². The zero-order valence-electron chi connectivity index (χ0n) is 18.7. The van der Waals surface area contributed by atoms with E-state index in [0.29, 0.717) is 19.0 Å². The molecule has 1 saturated heterocycles. The van der Waals surface area contributed by atoms with E-state index in [-0.39, 0.29) is 5.91 Å². The number of nitrogens with zero attached hydrogens (tertiary/aromatic N) is 3. The second-order valence-corrected chi connectivity index (χ2v) is 9.06. The SMILES string of the molecule is Cc1ccnc(NCC2CCN(CC(=O)N3CC=C(c4c[nH]c5ccccc45)CC3)C2)c1. The molecule has 0 spiro atoms. The first-order chi connectivity index (χ1) is 15.7. The van der Waals surface area contributed by atoms with Gasteiger partial charge in [0.1, 0.15) is 5.82 Å². The molecule has 0 aliphatic carbocycles. The summed E-state index contributed by atoms with van der Waals surface area (Å²) in [6, 6.07) is 12.5. The van der Waals surface area contributed by atoms with Gasteiger partial charge in [-0.05, 0) is 61.6 Å². The van der Waals surface area contributed by atoms with E-state index in [1.165, 1.54) is 22.1 Å². The number of para-hydroxylation sites is 1. The number of hydrogen-bond donors (Lipinski definition) is 2. The minimum Gasteiger partial charge on any atom is -0.370 e. The average molecular weight is 430 g/mol. The monoisotopic (exact) mass is 429 g/mol. The number of pyridine rings is 1. The molecule has 0 bridgehead atoms. The van der Waals surface area contributed by atoms with Crippen LogP contribution in [0.25, 0.3) is 16.5 Å². The van der Waals surface area contributed by atoms with Gasteiger partial charge >= 0.3 is 0 Å². The van der Waals surface area contributed by atoms with E-state index in [0.717, 1.165) is 50.4 Å². The number of carbonyl (C=O) groups excluding carboxylic acids is 1.